The number of hydrogen-bond donors (Lipinski definition) is 0. The normalized spacial score (nSPS) is 10.6. The summed E-state index contributed by atoms with van der Waals surface area (Å²) in [6, 6.07) is 6.33. The number of benzene rings is 1. The lowest BCUT2D eigenvalue weighted by Gasteiger charge is -2.12. The second-order valence-corrected chi connectivity index (χ2v) is 5.63. The molecule has 0 radical (unpaired) electrons. The van der Waals surface area contributed by atoms with Gasteiger partial charge in [-0.15, -0.1) is 11.3 Å². The molecule has 1 aromatic carbocycles. The zero-order chi connectivity index (χ0) is 17.1. The third kappa shape index (κ3) is 2.95. The van der Waals surface area contributed by atoms with Crippen molar-refractivity contribution in [3.05, 3.63) is 57.5 Å². The third-order valence-electron chi connectivity index (χ3n) is 3.34. The lowest BCUT2D eigenvalue weighted by Crippen LogP contribution is -2.15. The number of ether oxygens (including phenoxy) is 3. The van der Waals surface area contributed by atoms with E-state index in [2.05, 4.69) is 4.98 Å². The third-order valence-corrected chi connectivity index (χ3v) is 4.10. The van der Waals surface area contributed by atoms with Crippen LogP contribution in [0.2, 0.25) is 0 Å². The van der Waals surface area contributed by atoms with Gasteiger partial charge in [0.25, 0.3) is 5.56 Å². The van der Waals surface area contributed by atoms with Crippen LogP contribution in [-0.4, -0.2) is 29.6 Å². The van der Waals surface area contributed by atoms with Crippen LogP contribution in [-0.2, 0) is 11.3 Å². The summed E-state index contributed by atoms with van der Waals surface area (Å²) in [4.78, 5) is 29.1. The van der Waals surface area contributed by atoms with Gasteiger partial charge >= 0.3 is 5.97 Å². The highest BCUT2D eigenvalue weighted by atomic mass is 32.1. The second-order valence-electron chi connectivity index (χ2n) is 4.75. The number of thiazole rings is 1. The first kappa shape index (κ1) is 16.0. The van der Waals surface area contributed by atoms with Crippen LogP contribution in [0.15, 0.2) is 40.6 Å². The molecule has 0 aliphatic heterocycles. The zero-order valence-corrected chi connectivity index (χ0v) is 13.8. The molecule has 0 unspecified atom stereocenters. The zero-order valence-electron chi connectivity index (χ0n) is 13.0. The number of carbonyl (C=O) groups is 1. The molecule has 0 saturated carbocycles. The first-order chi connectivity index (χ1) is 11.6. The minimum Gasteiger partial charge on any atom is -0.496 e. The van der Waals surface area contributed by atoms with Gasteiger partial charge in [0.05, 0.1) is 19.9 Å². The summed E-state index contributed by atoms with van der Waals surface area (Å²) in [7, 11) is 2.91. The van der Waals surface area contributed by atoms with Gasteiger partial charge in [0.2, 0.25) is 0 Å². The van der Waals surface area contributed by atoms with Crippen LogP contribution in [0.3, 0.4) is 0 Å². The Morgan fingerprint density at radius 1 is 1.25 bits per heavy atom. The summed E-state index contributed by atoms with van der Waals surface area (Å²) < 4.78 is 17.1. The van der Waals surface area contributed by atoms with Gasteiger partial charge < -0.3 is 14.2 Å². The first-order valence-corrected chi connectivity index (χ1v) is 7.86. The molecule has 2 heterocycles. The van der Waals surface area contributed by atoms with Crippen LogP contribution in [0, 0.1) is 0 Å². The summed E-state index contributed by atoms with van der Waals surface area (Å²) >= 11 is 1.33. The molecule has 0 saturated heterocycles. The predicted octanol–water partition coefficient (Wildman–Crippen LogP) is 2.13. The van der Waals surface area contributed by atoms with E-state index in [1.807, 2.05) is 0 Å². The van der Waals surface area contributed by atoms with Crippen molar-refractivity contribution in [3.63, 3.8) is 0 Å². The average Bonchev–Trinajstić information content (AvgIpc) is 3.08. The van der Waals surface area contributed by atoms with Crippen LogP contribution < -0.4 is 15.0 Å². The van der Waals surface area contributed by atoms with Gasteiger partial charge in [0.1, 0.15) is 23.7 Å². The quantitative estimate of drug-likeness (QED) is 0.659. The molecule has 0 N–H and O–H groups in total. The topological polar surface area (TPSA) is 79.1 Å². The number of methoxy groups -OCH3 is 2. The molecule has 0 spiro atoms. The van der Waals surface area contributed by atoms with Crippen molar-refractivity contribution in [2.45, 2.75) is 6.61 Å². The molecule has 3 rings (SSSR count). The van der Waals surface area contributed by atoms with Gasteiger partial charge in [-0.05, 0) is 12.1 Å². The summed E-state index contributed by atoms with van der Waals surface area (Å²) in [5.41, 5.74) is 0.350. The van der Waals surface area contributed by atoms with Crippen molar-refractivity contribution < 1.29 is 19.0 Å². The second kappa shape index (κ2) is 6.71. The highest BCUT2D eigenvalue weighted by Gasteiger charge is 2.20. The Bertz CT molecular complexity index is 925. The molecular weight excluding hydrogens is 332 g/mol. The van der Waals surface area contributed by atoms with Crippen LogP contribution in [0.25, 0.3) is 4.96 Å². The molecular formula is C16H14N2O5S. The summed E-state index contributed by atoms with van der Waals surface area (Å²) in [5, 5.41) is 1.76. The van der Waals surface area contributed by atoms with E-state index in [1.165, 1.54) is 36.0 Å². The maximum atomic E-state index is 12.4. The molecule has 0 bridgehead atoms. The van der Waals surface area contributed by atoms with E-state index in [0.717, 1.165) is 0 Å². The fourth-order valence-electron chi connectivity index (χ4n) is 2.23. The van der Waals surface area contributed by atoms with Crippen molar-refractivity contribution in [2.75, 3.05) is 14.2 Å². The van der Waals surface area contributed by atoms with Crippen molar-refractivity contribution >= 4 is 22.3 Å². The van der Waals surface area contributed by atoms with Crippen molar-refractivity contribution in [3.8, 4) is 11.5 Å². The Balaban J connectivity index is 1.84. The van der Waals surface area contributed by atoms with Gasteiger partial charge in [0, 0.05) is 17.6 Å². The lowest BCUT2D eigenvalue weighted by molar-refractivity contribution is 0.0460. The maximum Gasteiger partial charge on any atom is 0.346 e. The number of rotatable bonds is 5. The minimum atomic E-state index is -0.613. The Labute approximate surface area is 141 Å². The first-order valence-electron chi connectivity index (χ1n) is 6.98. The molecule has 2 aromatic heterocycles. The monoisotopic (exact) mass is 346 g/mol. The van der Waals surface area contributed by atoms with Crippen molar-refractivity contribution in [1.82, 2.24) is 9.38 Å². The van der Waals surface area contributed by atoms with Crippen LogP contribution >= 0.6 is 11.3 Å². The van der Waals surface area contributed by atoms with E-state index in [0.29, 0.717) is 22.2 Å². The minimum absolute atomic E-state index is 0.121. The van der Waals surface area contributed by atoms with E-state index in [-0.39, 0.29) is 17.7 Å². The Morgan fingerprint density at radius 3 is 2.62 bits per heavy atom. The van der Waals surface area contributed by atoms with E-state index in [4.69, 9.17) is 14.2 Å². The number of hydrogen-bond acceptors (Lipinski definition) is 7. The highest BCUT2D eigenvalue weighted by Crippen LogP contribution is 2.29. The molecule has 0 aliphatic rings. The fraction of sp³-hybridized carbons (Fsp3) is 0.188. The van der Waals surface area contributed by atoms with Crippen molar-refractivity contribution in [1.29, 1.82) is 0 Å². The molecule has 3 aromatic rings. The molecule has 0 amide bonds. The van der Waals surface area contributed by atoms with Crippen LogP contribution in [0.5, 0.6) is 11.5 Å². The molecule has 0 aliphatic carbocycles. The summed E-state index contributed by atoms with van der Waals surface area (Å²) in [6.07, 6.45) is 1.64. The average molecular weight is 346 g/mol. The maximum absolute atomic E-state index is 12.4. The number of fused-ring (bicyclic) bond motifs is 1. The van der Waals surface area contributed by atoms with E-state index in [1.54, 1.807) is 29.8 Å². The molecule has 24 heavy (non-hydrogen) atoms. The van der Waals surface area contributed by atoms with Gasteiger partial charge in [-0.2, -0.15) is 0 Å². The van der Waals surface area contributed by atoms with E-state index < -0.39 is 5.97 Å². The van der Waals surface area contributed by atoms with Crippen LogP contribution in [0.1, 0.15) is 16.1 Å². The van der Waals surface area contributed by atoms with Crippen molar-refractivity contribution in [2.24, 2.45) is 0 Å². The van der Waals surface area contributed by atoms with Gasteiger partial charge in [-0.1, -0.05) is 6.07 Å². The van der Waals surface area contributed by atoms with Crippen LogP contribution in [0.4, 0.5) is 0 Å². The fourth-order valence-corrected chi connectivity index (χ4v) is 2.96. The van der Waals surface area contributed by atoms with E-state index in [9.17, 15) is 9.59 Å². The smallest absolute Gasteiger partial charge is 0.346 e. The number of nitrogens with zero attached hydrogens (tertiary/aromatic N) is 2. The largest absolute Gasteiger partial charge is 0.496 e. The SMILES string of the molecule is COc1cccc(OC)c1C(=O)OCc1cc(=O)n2ccsc2n1. The molecule has 0 atom stereocenters. The van der Waals surface area contributed by atoms with Gasteiger partial charge in [-0.25, -0.2) is 9.78 Å². The number of carbonyl (C=O) groups excluding carboxylic acids is 1. The molecule has 124 valence electrons. The Hall–Kier alpha value is -2.87. The summed E-state index contributed by atoms with van der Waals surface area (Å²) in [6.45, 7) is -0.121. The van der Waals surface area contributed by atoms with Gasteiger partial charge in [-0.3, -0.25) is 9.20 Å². The lowest BCUT2D eigenvalue weighted by atomic mass is 10.2. The standard InChI is InChI=1S/C16H14N2O5S/c1-21-11-4-3-5-12(22-2)14(11)15(20)23-9-10-8-13(19)18-6-7-24-16(18)17-10/h3-8H,9H2,1-2H3. The molecule has 8 heteroatoms. The highest BCUT2D eigenvalue weighted by molar-refractivity contribution is 7.15. The molecule has 7 nitrogen and oxygen atoms in total. The van der Waals surface area contributed by atoms with E-state index >= 15 is 0 Å². The Kier molecular flexibility index (Phi) is 4.48. The molecule has 0 fully saturated rings. The predicted molar refractivity (Wildman–Crippen MR) is 88.0 cm³/mol. The summed E-state index contributed by atoms with van der Waals surface area (Å²) in [5.74, 6) is 0.0830. The van der Waals surface area contributed by atoms with Gasteiger partial charge in [0.15, 0.2) is 4.96 Å². The number of aromatic nitrogens is 2. The Morgan fingerprint density at radius 2 is 1.96 bits per heavy atom. The number of esters is 1.